The molecule has 0 aromatic heterocycles. The minimum absolute atomic E-state index is 0.130. The highest BCUT2D eigenvalue weighted by atomic mass is 35.5. The number of benzene rings is 1. The van der Waals surface area contributed by atoms with Gasteiger partial charge in [0.2, 0.25) is 0 Å². The molecule has 0 aliphatic rings. The number of carboxylic acids is 1. The number of alkyl halides is 2. The van der Waals surface area contributed by atoms with Crippen LogP contribution in [0.3, 0.4) is 0 Å². The molecular weight excluding hydrogens is 467 g/mol. The first-order valence-corrected chi connectivity index (χ1v) is 12.0. The van der Waals surface area contributed by atoms with Gasteiger partial charge in [-0.05, 0) is 44.2 Å². The number of hydrogen-bond acceptors (Lipinski definition) is 4. The van der Waals surface area contributed by atoms with Crippen molar-refractivity contribution in [2.45, 2.75) is 59.6 Å². The fraction of sp³-hybridized carbons (Fsp3) is 0.625. The van der Waals surface area contributed by atoms with Crippen LogP contribution >= 0.6 is 23.2 Å². The largest absolute Gasteiger partial charge is 0.481 e. The summed E-state index contributed by atoms with van der Waals surface area (Å²) < 4.78 is 5.38. The Bertz CT molecular complexity index is 812. The molecule has 0 fully saturated rings. The van der Waals surface area contributed by atoms with E-state index in [-0.39, 0.29) is 24.1 Å². The number of amides is 2. The number of carbonyl (C=O) groups excluding carboxylic acids is 2. The van der Waals surface area contributed by atoms with Gasteiger partial charge in [0.25, 0.3) is 5.91 Å². The Morgan fingerprint density at radius 3 is 2.03 bits per heavy atom. The molecule has 0 heterocycles. The summed E-state index contributed by atoms with van der Waals surface area (Å²) in [7, 11) is 0. The van der Waals surface area contributed by atoms with E-state index >= 15 is 0 Å². The van der Waals surface area contributed by atoms with Gasteiger partial charge in [0.15, 0.2) is 0 Å². The van der Waals surface area contributed by atoms with Crippen LogP contribution in [0.1, 0.15) is 57.5 Å². The molecule has 1 aromatic rings. The Morgan fingerprint density at radius 1 is 1.03 bits per heavy atom. The van der Waals surface area contributed by atoms with E-state index in [1.54, 1.807) is 70.7 Å². The Hall–Kier alpha value is -1.99. The number of ether oxygens (including phenoxy) is 1. The molecule has 1 aromatic carbocycles. The lowest BCUT2D eigenvalue weighted by Gasteiger charge is -2.35. The maximum atomic E-state index is 13.2. The van der Waals surface area contributed by atoms with Crippen molar-refractivity contribution in [3.05, 3.63) is 35.4 Å². The Kier molecular flexibility index (Phi) is 11.0. The number of alkyl carbamates (subject to hydrolysis) is 1. The lowest BCUT2D eigenvalue weighted by Crippen LogP contribution is -2.51. The van der Waals surface area contributed by atoms with Crippen molar-refractivity contribution >= 4 is 41.2 Å². The molecule has 2 N–H and O–H groups in total. The molecule has 0 aliphatic carbocycles. The predicted molar refractivity (Wildman–Crippen MR) is 131 cm³/mol. The van der Waals surface area contributed by atoms with Crippen LogP contribution in [0, 0.1) is 11.3 Å². The molecule has 0 spiro atoms. The molecular formula is C24H36Cl2N2O5. The molecule has 1 rings (SSSR count). The van der Waals surface area contributed by atoms with E-state index in [0.29, 0.717) is 24.2 Å². The Balaban J connectivity index is 3.39. The van der Waals surface area contributed by atoms with E-state index < -0.39 is 35.0 Å². The normalized spacial score (nSPS) is 13.7. The van der Waals surface area contributed by atoms with E-state index in [0.717, 1.165) is 0 Å². The zero-order valence-electron chi connectivity index (χ0n) is 20.3. The Morgan fingerprint density at radius 2 is 1.58 bits per heavy atom. The Labute approximate surface area is 206 Å². The van der Waals surface area contributed by atoms with Crippen LogP contribution in [-0.4, -0.2) is 64.5 Å². The van der Waals surface area contributed by atoms with Crippen LogP contribution < -0.4 is 5.32 Å². The van der Waals surface area contributed by atoms with Gasteiger partial charge in [-0.25, -0.2) is 4.79 Å². The van der Waals surface area contributed by atoms with Crippen molar-refractivity contribution in [1.29, 1.82) is 0 Å². The highest BCUT2D eigenvalue weighted by Gasteiger charge is 2.40. The van der Waals surface area contributed by atoms with Crippen LogP contribution in [0.15, 0.2) is 24.3 Å². The monoisotopic (exact) mass is 502 g/mol. The molecule has 9 heteroatoms. The van der Waals surface area contributed by atoms with Gasteiger partial charge in [0.05, 0.1) is 12.0 Å². The van der Waals surface area contributed by atoms with Crippen molar-refractivity contribution in [1.82, 2.24) is 10.2 Å². The topological polar surface area (TPSA) is 95.9 Å². The second kappa shape index (κ2) is 12.5. The van der Waals surface area contributed by atoms with E-state index in [9.17, 15) is 19.5 Å². The quantitative estimate of drug-likeness (QED) is 0.448. The smallest absolute Gasteiger partial charge is 0.407 e. The summed E-state index contributed by atoms with van der Waals surface area (Å²) in [5, 5.41) is 12.8. The highest BCUT2D eigenvalue weighted by molar-refractivity contribution is 6.18. The number of nitrogens with one attached hydrogen (secondary N) is 1. The molecule has 186 valence electrons. The average Bonchev–Trinajstić information content (AvgIpc) is 2.64. The number of aliphatic carboxylic acids is 1. The number of carbonyl (C=O) groups is 3. The molecule has 0 aliphatic heterocycles. The molecule has 0 radical (unpaired) electrons. The lowest BCUT2D eigenvalue weighted by atomic mass is 9.74. The van der Waals surface area contributed by atoms with Crippen LogP contribution in [0.25, 0.3) is 0 Å². The fourth-order valence-corrected chi connectivity index (χ4v) is 4.10. The second-order valence-corrected chi connectivity index (χ2v) is 10.7. The molecule has 2 atom stereocenters. The lowest BCUT2D eigenvalue weighted by molar-refractivity contribution is -0.146. The maximum Gasteiger partial charge on any atom is 0.407 e. The summed E-state index contributed by atoms with van der Waals surface area (Å²) in [6, 6.07) is 6.14. The molecule has 0 saturated heterocycles. The van der Waals surface area contributed by atoms with Crippen molar-refractivity contribution in [3.63, 3.8) is 0 Å². The third-order valence-corrected chi connectivity index (χ3v) is 5.33. The predicted octanol–water partition coefficient (Wildman–Crippen LogP) is 4.79. The van der Waals surface area contributed by atoms with E-state index in [4.69, 9.17) is 27.9 Å². The average molecular weight is 503 g/mol. The summed E-state index contributed by atoms with van der Waals surface area (Å²) >= 11 is 11.7. The SMILES string of the molecule is CC(C)(C)OC(=O)N[C@H](Cc1ccccc1C(=O)N(CCCl)CCCl)C(C(=O)O)C(C)(C)C. The van der Waals surface area contributed by atoms with Gasteiger partial charge in [-0.3, -0.25) is 9.59 Å². The van der Waals surface area contributed by atoms with Crippen LogP contribution in [0.4, 0.5) is 4.79 Å². The van der Waals surface area contributed by atoms with Gasteiger partial charge in [-0.1, -0.05) is 39.0 Å². The fourth-order valence-electron chi connectivity index (χ4n) is 3.69. The maximum absolute atomic E-state index is 13.2. The van der Waals surface area contributed by atoms with Gasteiger partial charge < -0.3 is 20.1 Å². The van der Waals surface area contributed by atoms with Crippen molar-refractivity contribution in [3.8, 4) is 0 Å². The molecule has 0 bridgehead atoms. The number of carboxylic acid groups (broad SMARTS) is 1. The zero-order chi connectivity index (χ0) is 25.4. The third kappa shape index (κ3) is 9.41. The van der Waals surface area contributed by atoms with Gasteiger partial charge in [0.1, 0.15) is 5.60 Å². The van der Waals surface area contributed by atoms with Crippen LogP contribution in [-0.2, 0) is 16.0 Å². The first kappa shape index (κ1) is 29.0. The van der Waals surface area contributed by atoms with Crippen LogP contribution in [0.5, 0.6) is 0 Å². The van der Waals surface area contributed by atoms with E-state index in [1.165, 1.54) is 0 Å². The number of nitrogens with zero attached hydrogens (tertiary/aromatic N) is 1. The number of hydrogen-bond donors (Lipinski definition) is 2. The summed E-state index contributed by atoms with van der Waals surface area (Å²) in [5.74, 6) is -1.70. The second-order valence-electron chi connectivity index (χ2n) is 9.97. The van der Waals surface area contributed by atoms with E-state index in [2.05, 4.69) is 5.32 Å². The van der Waals surface area contributed by atoms with Gasteiger partial charge in [0, 0.05) is 30.4 Å². The molecule has 0 saturated carbocycles. The van der Waals surface area contributed by atoms with E-state index in [1.807, 2.05) is 0 Å². The zero-order valence-corrected chi connectivity index (χ0v) is 21.8. The molecule has 7 nitrogen and oxygen atoms in total. The summed E-state index contributed by atoms with van der Waals surface area (Å²) in [6.07, 6.45) is -0.581. The third-order valence-electron chi connectivity index (χ3n) is 4.99. The summed E-state index contributed by atoms with van der Waals surface area (Å²) in [5.41, 5.74) is -0.379. The summed E-state index contributed by atoms with van der Waals surface area (Å²) in [6.45, 7) is 11.3. The first-order valence-electron chi connectivity index (χ1n) is 10.9. The molecule has 1 unspecified atom stereocenters. The van der Waals surface area contributed by atoms with Gasteiger partial charge >= 0.3 is 12.1 Å². The van der Waals surface area contributed by atoms with Gasteiger partial charge in [-0.2, -0.15) is 0 Å². The van der Waals surface area contributed by atoms with Crippen molar-refractivity contribution < 1.29 is 24.2 Å². The first-order chi connectivity index (χ1) is 15.2. The minimum atomic E-state index is -1.04. The summed E-state index contributed by atoms with van der Waals surface area (Å²) in [4.78, 5) is 39.6. The highest BCUT2D eigenvalue weighted by Crippen LogP contribution is 2.31. The van der Waals surface area contributed by atoms with Gasteiger partial charge in [-0.15, -0.1) is 23.2 Å². The molecule has 33 heavy (non-hydrogen) atoms. The van der Waals surface area contributed by atoms with Crippen LogP contribution in [0.2, 0.25) is 0 Å². The number of halogens is 2. The standard InChI is InChI=1S/C24H36Cl2N2O5/c1-23(2,3)19(21(30)31)18(27-22(32)33-24(4,5)6)15-16-9-7-8-10-17(16)20(29)28(13-11-25)14-12-26/h7-10,18-19H,11-15H2,1-6H3,(H,27,32)(H,30,31)/t18-,19?/m1/s1. The van der Waals surface area contributed by atoms with Crippen molar-refractivity contribution in [2.75, 3.05) is 24.8 Å². The van der Waals surface area contributed by atoms with Crippen molar-refractivity contribution in [2.24, 2.45) is 11.3 Å². The molecule has 2 amide bonds. The minimum Gasteiger partial charge on any atom is -0.481 e. The number of rotatable bonds is 10.